The second-order valence-corrected chi connectivity index (χ2v) is 7.67. The van der Waals surface area contributed by atoms with Crippen LogP contribution in [0.25, 0.3) is 0 Å². The average molecular weight is 293 g/mol. The van der Waals surface area contributed by atoms with E-state index in [0.29, 0.717) is 12.3 Å². The molecule has 1 saturated heterocycles. The number of amides is 1. The highest BCUT2D eigenvalue weighted by atomic mass is 16.4. The number of nitrogens with zero attached hydrogens (tertiary/aromatic N) is 1. The lowest BCUT2D eigenvalue weighted by molar-refractivity contribution is -0.158. The van der Waals surface area contributed by atoms with Crippen molar-refractivity contribution in [2.75, 3.05) is 0 Å². The number of hydrogen-bond acceptors (Lipinski definition) is 2. The van der Waals surface area contributed by atoms with Crippen molar-refractivity contribution >= 4 is 11.9 Å². The zero-order valence-corrected chi connectivity index (χ0v) is 13.3. The van der Waals surface area contributed by atoms with Gasteiger partial charge in [-0.3, -0.25) is 9.59 Å². The monoisotopic (exact) mass is 293 g/mol. The van der Waals surface area contributed by atoms with Gasteiger partial charge in [0, 0.05) is 18.5 Å². The average Bonchev–Trinajstić information content (AvgIpc) is 2.99. The zero-order chi connectivity index (χ0) is 15.3. The van der Waals surface area contributed by atoms with Crippen LogP contribution in [0.2, 0.25) is 0 Å². The minimum atomic E-state index is -0.757. The van der Waals surface area contributed by atoms with Crippen molar-refractivity contribution in [2.45, 2.75) is 65.0 Å². The molecule has 3 fully saturated rings. The number of carboxylic acids is 1. The van der Waals surface area contributed by atoms with Crippen LogP contribution < -0.4 is 0 Å². The molecule has 4 heteroatoms. The van der Waals surface area contributed by atoms with Gasteiger partial charge in [0.1, 0.15) is 0 Å². The van der Waals surface area contributed by atoms with Gasteiger partial charge in [-0.05, 0) is 56.8 Å². The van der Waals surface area contributed by atoms with Gasteiger partial charge in [0.05, 0.1) is 5.92 Å². The van der Waals surface area contributed by atoms with Crippen molar-refractivity contribution in [3.8, 4) is 0 Å². The molecule has 1 heterocycles. The summed E-state index contributed by atoms with van der Waals surface area (Å²) in [6.45, 7) is 5.97. The molecule has 4 nitrogen and oxygen atoms in total. The predicted octanol–water partition coefficient (Wildman–Crippen LogP) is 2.77. The Morgan fingerprint density at radius 2 is 2.00 bits per heavy atom. The van der Waals surface area contributed by atoms with Gasteiger partial charge in [0.2, 0.25) is 5.91 Å². The molecule has 7 atom stereocenters. The molecule has 0 aromatic heterocycles. The highest BCUT2D eigenvalue weighted by Crippen LogP contribution is 2.51. The lowest BCUT2D eigenvalue weighted by atomic mass is 9.77. The van der Waals surface area contributed by atoms with Gasteiger partial charge in [-0.15, -0.1) is 0 Å². The number of likely N-dealkylation sites (tertiary alicyclic amines) is 1. The van der Waals surface area contributed by atoms with Crippen molar-refractivity contribution in [1.82, 2.24) is 4.90 Å². The number of piperidine rings is 1. The number of carbonyl (C=O) groups is 2. The first-order valence-electron chi connectivity index (χ1n) is 8.44. The predicted molar refractivity (Wildman–Crippen MR) is 79.6 cm³/mol. The molecule has 2 aliphatic carbocycles. The Hall–Kier alpha value is -1.06. The topological polar surface area (TPSA) is 57.6 Å². The maximum absolute atomic E-state index is 12.5. The quantitative estimate of drug-likeness (QED) is 0.870. The fourth-order valence-electron chi connectivity index (χ4n) is 5.52. The SMILES string of the molecule is CC1CC(=O)N(C(C)C2CC3CCC2C3)C(C)C1C(=O)O. The third-order valence-corrected chi connectivity index (χ3v) is 6.49. The fraction of sp³-hybridized carbons (Fsp3) is 0.882. The van der Waals surface area contributed by atoms with Gasteiger partial charge in [0.25, 0.3) is 0 Å². The van der Waals surface area contributed by atoms with E-state index in [1.807, 2.05) is 18.7 Å². The maximum atomic E-state index is 12.5. The summed E-state index contributed by atoms with van der Waals surface area (Å²) in [6.07, 6.45) is 5.59. The minimum absolute atomic E-state index is 0.0616. The molecule has 2 saturated carbocycles. The molecular weight excluding hydrogens is 266 g/mol. The summed E-state index contributed by atoms with van der Waals surface area (Å²) < 4.78 is 0. The summed E-state index contributed by atoms with van der Waals surface area (Å²) in [7, 11) is 0. The van der Waals surface area contributed by atoms with Crippen LogP contribution in [-0.2, 0) is 9.59 Å². The van der Waals surface area contributed by atoms with Gasteiger partial charge < -0.3 is 10.0 Å². The summed E-state index contributed by atoms with van der Waals surface area (Å²) >= 11 is 0. The molecule has 21 heavy (non-hydrogen) atoms. The Bertz CT molecular complexity index is 449. The molecule has 7 unspecified atom stereocenters. The summed E-state index contributed by atoms with van der Waals surface area (Å²) in [5, 5.41) is 9.50. The van der Waals surface area contributed by atoms with Crippen LogP contribution in [0.3, 0.4) is 0 Å². The molecule has 3 aliphatic rings. The molecular formula is C17H27NO3. The van der Waals surface area contributed by atoms with Gasteiger partial charge in [0.15, 0.2) is 0 Å². The molecule has 1 aliphatic heterocycles. The van der Waals surface area contributed by atoms with E-state index in [-0.39, 0.29) is 23.9 Å². The number of carboxylic acid groups (broad SMARTS) is 1. The van der Waals surface area contributed by atoms with E-state index >= 15 is 0 Å². The number of aliphatic carboxylic acids is 1. The van der Waals surface area contributed by atoms with Gasteiger partial charge in [-0.1, -0.05) is 13.3 Å². The molecule has 0 aromatic carbocycles. The van der Waals surface area contributed by atoms with E-state index < -0.39 is 11.9 Å². The highest BCUT2D eigenvalue weighted by molar-refractivity contribution is 5.82. The van der Waals surface area contributed by atoms with Crippen molar-refractivity contribution in [1.29, 1.82) is 0 Å². The van der Waals surface area contributed by atoms with Gasteiger partial charge >= 0.3 is 5.97 Å². The summed E-state index contributed by atoms with van der Waals surface area (Å²) in [6, 6.07) is 0.00465. The van der Waals surface area contributed by atoms with Gasteiger partial charge in [-0.25, -0.2) is 0 Å². The van der Waals surface area contributed by atoms with E-state index in [1.54, 1.807) is 0 Å². The Morgan fingerprint density at radius 3 is 2.52 bits per heavy atom. The smallest absolute Gasteiger partial charge is 0.308 e. The number of carbonyl (C=O) groups excluding carboxylic acids is 1. The Morgan fingerprint density at radius 1 is 1.29 bits per heavy atom. The van der Waals surface area contributed by atoms with Crippen LogP contribution in [0, 0.1) is 29.6 Å². The van der Waals surface area contributed by atoms with E-state index in [0.717, 1.165) is 11.8 Å². The second kappa shape index (κ2) is 5.29. The van der Waals surface area contributed by atoms with Crippen LogP contribution >= 0.6 is 0 Å². The Kier molecular flexibility index (Phi) is 3.74. The first kappa shape index (κ1) is 14.9. The second-order valence-electron chi connectivity index (χ2n) is 7.67. The van der Waals surface area contributed by atoms with E-state index in [1.165, 1.54) is 25.7 Å². The first-order valence-corrected chi connectivity index (χ1v) is 8.44. The third kappa shape index (κ3) is 2.36. The van der Waals surface area contributed by atoms with Crippen molar-refractivity contribution in [3.05, 3.63) is 0 Å². The van der Waals surface area contributed by atoms with Crippen LogP contribution in [0.15, 0.2) is 0 Å². The number of fused-ring (bicyclic) bond motifs is 2. The molecule has 1 amide bonds. The van der Waals surface area contributed by atoms with Crippen molar-refractivity contribution in [2.24, 2.45) is 29.6 Å². The van der Waals surface area contributed by atoms with Gasteiger partial charge in [-0.2, -0.15) is 0 Å². The lowest BCUT2D eigenvalue weighted by Crippen LogP contribution is -2.57. The molecule has 1 N–H and O–H groups in total. The molecule has 3 rings (SSSR count). The summed E-state index contributed by atoms with van der Waals surface area (Å²) in [4.78, 5) is 26.0. The molecule has 118 valence electrons. The molecule has 0 radical (unpaired) electrons. The summed E-state index contributed by atoms with van der Waals surface area (Å²) in [5.41, 5.74) is 0. The van der Waals surface area contributed by atoms with Crippen molar-refractivity contribution < 1.29 is 14.7 Å². The first-order chi connectivity index (χ1) is 9.90. The maximum Gasteiger partial charge on any atom is 0.308 e. The van der Waals surface area contributed by atoms with Crippen LogP contribution in [0.5, 0.6) is 0 Å². The van der Waals surface area contributed by atoms with E-state index in [2.05, 4.69) is 6.92 Å². The largest absolute Gasteiger partial charge is 0.481 e. The highest BCUT2D eigenvalue weighted by Gasteiger charge is 2.48. The number of rotatable bonds is 3. The molecule has 0 aromatic rings. The van der Waals surface area contributed by atoms with E-state index in [4.69, 9.17) is 0 Å². The van der Waals surface area contributed by atoms with Crippen LogP contribution in [-0.4, -0.2) is 34.0 Å². The Balaban J connectivity index is 1.79. The number of hydrogen-bond donors (Lipinski definition) is 1. The standard InChI is InChI=1S/C17H27NO3/c1-9-6-15(19)18(11(3)16(9)17(20)21)10(2)14-8-12-4-5-13(14)7-12/h9-14,16H,4-8H2,1-3H3,(H,20,21). The van der Waals surface area contributed by atoms with Crippen molar-refractivity contribution in [3.63, 3.8) is 0 Å². The molecule has 2 bridgehead atoms. The lowest BCUT2D eigenvalue weighted by Gasteiger charge is -2.47. The normalized spacial score (nSPS) is 44.1. The third-order valence-electron chi connectivity index (χ3n) is 6.49. The minimum Gasteiger partial charge on any atom is -0.481 e. The Labute approximate surface area is 126 Å². The van der Waals surface area contributed by atoms with Crippen LogP contribution in [0.1, 0.15) is 52.9 Å². The van der Waals surface area contributed by atoms with Crippen LogP contribution in [0.4, 0.5) is 0 Å². The zero-order valence-electron chi connectivity index (χ0n) is 13.3. The molecule has 0 spiro atoms. The fourth-order valence-corrected chi connectivity index (χ4v) is 5.52. The van der Waals surface area contributed by atoms with E-state index in [9.17, 15) is 14.7 Å². The summed E-state index contributed by atoms with van der Waals surface area (Å²) in [5.74, 6) is 1.10.